The molecule has 0 unspecified atom stereocenters. The maximum absolute atomic E-state index is 2.53. The van der Waals surface area contributed by atoms with E-state index in [0.29, 0.717) is 0 Å². The van der Waals surface area contributed by atoms with E-state index in [1.54, 1.807) is 0 Å². The van der Waals surface area contributed by atoms with Crippen molar-refractivity contribution >= 4 is 0 Å². The zero-order valence-corrected chi connectivity index (χ0v) is 10.6. The second-order valence-corrected chi connectivity index (χ2v) is 3.00. The van der Waals surface area contributed by atoms with Gasteiger partial charge in [-0.1, -0.05) is 0 Å². The fourth-order valence-corrected chi connectivity index (χ4v) is 1.29. The van der Waals surface area contributed by atoms with Crippen molar-refractivity contribution < 1.29 is 51.4 Å². The van der Waals surface area contributed by atoms with Gasteiger partial charge in [-0.05, 0) is 26.9 Å². The van der Waals surface area contributed by atoms with Crippen molar-refractivity contribution in [3.8, 4) is 0 Å². The van der Waals surface area contributed by atoms with Gasteiger partial charge in [0.15, 0.2) is 0 Å². The third-order valence-corrected chi connectivity index (χ3v) is 1.97. The fourth-order valence-electron chi connectivity index (χ4n) is 1.29. The molecular formula is C8H16KN. The Morgan fingerprint density at radius 2 is 1.70 bits per heavy atom. The van der Waals surface area contributed by atoms with Crippen molar-refractivity contribution in [2.24, 2.45) is 0 Å². The molecule has 0 amide bonds. The average molecular weight is 165 g/mol. The molecule has 0 aliphatic carbocycles. The van der Waals surface area contributed by atoms with Gasteiger partial charge in [-0.2, -0.15) is 12.8 Å². The minimum absolute atomic E-state index is 0. The standard InChI is InChI=1S/C8H16N.K/c1-8(2)9-6-4-3-5-7-9;/h3,8H,4-7H2,1-2H3;/q-1;+1. The molecule has 0 N–H and O–H groups in total. The summed E-state index contributed by atoms with van der Waals surface area (Å²) in [6.45, 7) is 7.09. The van der Waals surface area contributed by atoms with E-state index in [1.807, 2.05) is 0 Å². The molecule has 1 saturated heterocycles. The summed E-state index contributed by atoms with van der Waals surface area (Å²) in [5.41, 5.74) is 0. The van der Waals surface area contributed by atoms with Crippen LogP contribution in [0.4, 0.5) is 0 Å². The van der Waals surface area contributed by atoms with Crippen molar-refractivity contribution in [3.63, 3.8) is 0 Å². The summed E-state index contributed by atoms with van der Waals surface area (Å²) in [4.78, 5) is 2.53. The van der Waals surface area contributed by atoms with Crippen LogP contribution < -0.4 is 51.4 Å². The maximum atomic E-state index is 2.53. The molecule has 1 nitrogen and oxygen atoms in total. The Labute approximate surface area is 107 Å². The summed E-state index contributed by atoms with van der Waals surface area (Å²) in [5, 5.41) is 0. The molecule has 1 aliphatic rings. The first kappa shape index (κ1) is 11.6. The SMILES string of the molecule is CC(C)N1CC[CH-]CC1.[K+]. The zero-order chi connectivity index (χ0) is 6.69. The number of hydrogen-bond donors (Lipinski definition) is 0. The molecule has 2 heteroatoms. The summed E-state index contributed by atoms with van der Waals surface area (Å²) < 4.78 is 0. The van der Waals surface area contributed by atoms with Gasteiger partial charge in [0.1, 0.15) is 0 Å². The number of rotatable bonds is 1. The van der Waals surface area contributed by atoms with E-state index in [1.165, 1.54) is 25.9 Å². The molecule has 0 bridgehead atoms. The van der Waals surface area contributed by atoms with Gasteiger partial charge < -0.3 is 11.3 Å². The van der Waals surface area contributed by atoms with E-state index >= 15 is 0 Å². The normalized spacial score (nSPS) is 20.7. The summed E-state index contributed by atoms with van der Waals surface area (Å²) in [6, 6.07) is 0.749. The Bertz CT molecular complexity index is 77.3. The molecule has 10 heavy (non-hydrogen) atoms. The molecule has 1 aliphatic heterocycles. The molecule has 1 fully saturated rings. The Morgan fingerprint density at radius 1 is 1.20 bits per heavy atom. The molecule has 54 valence electrons. The quantitative estimate of drug-likeness (QED) is 0.345. The van der Waals surface area contributed by atoms with Gasteiger partial charge in [0, 0.05) is 6.04 Å². The molecule has 1 heterocycles. The third-order valence-electron chi connectivity index (χ3n) is 1.97. The fraction of sp³-hybridized carbons (Fsp3) is 0.875. The first-order valence-electron chi connectivity index (χ1n) is 3.86. The van der Waals surface area contributed by atoms with Gasteiger partial charge in [-0.15, -0.1) is 0 Å². The van der Waals surface area contributed by atoms with E-state index in [-0.39, 0.29) is 51.4 Å². The van der Waals surface area contributed by atoms with Crippen LogP contribution in [0.15, 0.2) is 0 Å². The minimum Gasteiger partial charge on any atom is -0.326 e. The van der Waals surface area contributed by atoms with Gasteiger partial charge in [0.25, 0.3) is 0 Å². The molecule has 0 atom stereocenters. The summed E-state index contributed by atoms with van der Waals surface area (Å²) in [5.74, 6) is 0. The Hall–Kier alpha value is 1.60. The van der Waals surface area contributed by atoms with Gasteiger partial charge in [-0.25, -0.2) is 0 Å². The molecule has 0 aromatic heterocycles. The van der Waals surface area contributed by atoms with Crippen LogP contribution in [0, 0.1) is 6.42 Å². The van der Waals surface area contributed by atoms with Crippen LogP contribution in [0.1, 0.15) is 26.7 Å². The van der Waals surface area contributed by atoms with E-state index in [9.17, 15) is 0 Å². The van der Waals surface area contributed by atoms with E-state index in [4.69, 9.17) is 0 Å². The van der Waals surface area contributed by atoms with Crippen LogP contribution >= 0.6 is 0 Å². The zero-order valence-electron chi connectivity index (χ0n) is 7.43. The van der Waals surface area contributed by atoms with E-state index in [2.05, 4.69) is 25.2 Å². The van der Waals surface area contributed by atoms with E-state index in [0.717, 1.165) is 6.04 Å². The molecular weight excluding hydrogens is 149 g/mol. The molecule has 0 radical (unpaired) electrons. The largest absolute Gasteiger partial charge is 1.00 e. The van der Waals surface area contributed by atoms with Crippen LogP contribution in [0.3, 0.4) is 0 Å². The van der Waals surface area contributed by atoms with E-state index < -0.39 is 0 Å². The Kier molecular flexibility index (Phi) is 7.13. The predicted octanol–water partition coefficient (Wildman–Crippen LogP) is -1.30. The first-order chi connectivity index (χ1) is 4.30. The van der Waals surface area contributed by atoms with Crippen molar-refractivity contribution in [1.29, 1.82) is 0 Å². The van der Waals surface area contributed by atoms with Crippen molar-refractivity contribution in [3.05, 3.63) is 6.42 Å². The smallest absolute Gasteiger partial charge is 0.326 e. The number of hydrogen-bond acceptors (Lipinski definition) is 1. The Balaban J connectivity index is 0.000000810. The third kappa shape index (κ3) is 3.84. The second kappa shape index (κ2) is 6.15. The van der Waals surface area contributed by atoms with Gasteiger partial charge in [-0.3, -0.25) is 0 Å². The monoisotopic (exact) mass is 165 g/mol. The summed E-state index contributed by atoms with van der Waals surface area (Å²) in [6.07, 6.45) is 4.97. The van der Waals surface area contributed by atoms with Crippen LogP contribution in [0.2, 0.25) is 0 Å². The molecule has 0 aromatic carbocycles. The maximum Gasteiger partial charge on any atom is 1.00 e. The molecule has 1 rings (SSSR count). The summed E-state index contributed by atoms with van der Waals surface area (Å²) in [7, 11) is 0. The van der Waals surface area contributed by atoms with Crippen LogP contribution in [0.25, 0.3) is 0 Å². The average Bonchev–Trinajstić information content (AvgIpc) is 1.90. The molecule has 0 aromatic rings. The van der Waals surface area contributed by atoms with Gasteiger partial charge in [0.2, 0.25) is 0 Å². The van der Waals surface area contributed by atoms with Crippen molar-refractivity contribution in [2.75, 3.05) is 13.1 Å². The van der Waals surface area contributed by atoms with Crippen LogP contribution in [-0.2, 0) is 0 Å². The summed E-state index contributed by atoms with van der Waals surface area (Å²) >= 11 is 0. The Morgan fingerprint density at radius 3 is 2.00 bits per heavy atom. The molecule has 0 spiro atoms. The predicted molar refractivity (Wildman–Crippen MR) is 40.2 cm³/mol. The van der Waals surface area contributed by atoms with Crippen LogP contribution in [-0.4, -0.2) is 24.0 Å². The molecule has 0 saturated carbocycles. The second-order valence-electron chi connectivity index (χ2n) is 3.00. The minimum atomic E-state index is 0. The van der Waals surface area contributed by atoms with Gasteiger partial charge in [0.05, 0.1) is 0 Å². The number of likely N-dealkylation sites (tertiary alicyclic amines) is 1. The number of piperidine rings is 1. The van der Waals surface area contributed by atoms with Gasteiger partial charge >= 0.3 is 51.4 Å². The number of nitrogens with zero attached hydrogens (tertiary/aromatic N) is 1. The van der Waals surface area contributed by atoms with Crippen molar-refractivity contribution in [2.45, 2.75) is 32.7 Å². The van der Waals surface area contributed by atoms with Crippen LogP contribution in [0.5, 0.6) is 0 Å². The topological polar surface area (TPSA) is 3.24 Å². The van der Waals surface area contributed by atoms with Crippen molar-refractivity contribution in [1.82, 2.24) is 4.90 Å². The first-order valence-corrected chi connectivity index (χ1v) is 3.86.